The Bertz CT molecular complexity index is 620. The highest BCUT2D eigenvalue weighted by Crippen LogP contribution is 2.33. The summed E-state index contributed by atoms with van der Waals surface area (Å²) in [5, 5.41) is 9.03. The smallest absolute Gasteiger partial charge is 0.310 e. The number of carboxylic acids is 1. The Morgan fingerprint density at radius 2 is 1.85 bits per heavy atom. The molecule has 0 aliphatic heterocycles. The third-order valence-electron chi connectivity index (χ3n) is 3.25. The lowest BCUT2D eigenvalue weighted by atomic mass is 9.96. The van der Waals surface area contributed by atoms with Gasteiger partial charge in [0.2, 0.25) is 0 Å². The van der Waals surface area contributed by atoms with E-state index in [4.69, 9.17) is 9.84 Å². The van der Waals surface area contributed by atoms with Crippen LogP contribution >= 0.6 is 0 Å². The molecule has 0 aromatic heterocycles. The Morgan fingerprint density at radius 1 is 1.20 bits per heavy atom. The molecule has 20 heavy (non-hydrogen) atoms. The molecule has 1 unspecified atom stereocenters. The minimum atomic E-state index is -0.887. The Balaban J connectivity index is 2.45. The number of carbonyl (C=O) groups is 1. The quantitative estimate of drug-likeness (QED) is 0.924. The largest absolute Gasteiger partial charge is 0.496 e. The Labute approximate surface area is 116 Å². The molecular weight excluding hydrogens is 259 g/mol. The van der Waals surface area contributed by atoms with Crippen LogP contribution in [0, 0.1) is 5.82 Å². The van der Waals surface area contributed by atoms with Crippen LogP contribution in [0.5, 0.6) is 5.75 Å². The summed E-state index contributed by atoms with van der Waals surface area (Å²) in [5.74, 6) is -1.22. The molecule has 4 heteroatoms. The average molecular weight is 274 g/mol. The van der Waals surface area contributed by atoms with E-state index in [1.165, 1.54) is 19.2 Å². The third kappa shape index (κ3) is 2.79. The minimum absolute atomic E-state index is 0.302. The summed E-state index contributed by atoms with van der Waals surface area (Å²) >= 11 is 0. The van der Waals surface area contributed by atoms with Crippen LogP contribution in [0.2, 0.25) is 0 Å². The molecule has 0 bridgehead atoms. The summed E-state index contributed by atoms with van der Waals surface area (Å²) in [6.45, 7) is 1.62. The Morgan fingerprint density at radius 3 is 2.40 bits per heavy atom. The number of hydrogen-bond donors (Lipinski definition) is 1. The summed E-state index contributed by atoms with van der Waals surface area (Å²) < 4.78 is 18.3. The SMILES string of the molecule is COc1cc(C(C)C(=O)O)ccc1-c1ccc(F)cc1. The first-order valence-corrected chi connectivity index (χ1v) is 6.19. The third-order valence-corrected chi connectivity index (χ3v) is 3.25. The van der Waals surface area contributed by atoms with Gasteiger partial charge in [-0.1, -0.05) is 24.3 Å². The molecule has 0 amide bonds. The summed E-state index contributed by atoms with van der Waals surface area (Å²) in [4.78, 5) is 11.0. The highest BCUT2D eigenvalue weighted by atomic mass is 19.1. The number of hydrogen-bond acceptors (Lipinski definition) is 2. The first-order valence-electron chi connectivity index (χ1n) is 6.19. The van der Waals surface area contributed by atoms with Gasteiger partial charge >= 0.3 is 5.97 Å². The predicted octanol–water partition coefficient (Wildman–Crippen LogP) is 3.69. The van der Waals surface area contributed by atoms with Crippen molar-refractivity contribution in [3.8, 4) is 16.9 Å². The summed E-state index contributed by atoms with van der Waals surface area (Å²) in [6.07, 6.45) is 0. The number of carboxylic acid groups (broad SMARTS) is 1. The van der Waals surface area contributed by atoms with E-state index >= 15 is 0 Å². The fraction of sp³-hybridized carbons (Fsp3) is 0.188. The van der Waals surface area contributed by atoms with Crippen LogP contribution < -0.4 is 4.74 Å². The van der Waals surface area contributed by atoms with Gasteiger partial charge in [0.15, 0.2) is 0 Å². The second-order valence-electron chi connectivity index (χ2n) is 4.53. The van der Waals surface area contributed by atoms with Crippen molar-refractivity contribution in [3.05, 3.63) is 53.8 Å². The molecule has 0 saturated heterocycles. The normalized spacial score (nSPS) is 11.9. The number of methoxy groups -OCH3 is 1. The monoisotopic (exact) mass is 274 g/mol. The number of ether oxygens (including phenoxy) is 1. The zero-order valence-electron chi connectivity index (χ0n) is 11.3. The molecule has 0 heterocycles. The van der Waals surface area contributed by atoms with Crippen LogP contribution in [0.25, 0.3) is 11.1 Å². The topological polar surface area (TPSA) is 46.5 Å². The molecule has 0 aliphatic rings. The Kier molecular flexibility index (Phi) is 4.03. The number of aliphatic carboxylic acids is 1. The van der Waals surface area contributed by atoms with Crippen LogP contribution in [-0.2, 0) is 4.79 Å². The van der Waals surface area contributed by atoms with Crippen molar-refractivity contribution in [3.63, 3.8) is 0 Å². The summed E-state index contributed by atoms with van der Waals surface area (Å²) in [6, 6.07) is 11.3. The maximum atomic E-state index is 12.9. The molecule has 0 saturated carbocycles. The van der Waals surface area contributed by atoms with Crippen molar-refractivity contribution in [2.75, 3.05) is 7.11 Å². The fourth-order valence-corrected chi connectivity index (χ4v) is 1.99. The number of rotatable bonds is 4. The molecule has 3 nitrogen and oxygen atoms in total. The predicted molar refractivity (Wildman–Crippen MR) is 74.4 cm³/mol. The van der Waals surface area contributed by atoms with E-state index in [9.17, 15) is 9.18 Å². The molecule has 0 spiro atoms. The van der Waals surface area contributed by atoms with Gasteiger partial charge in [-0.15, -0.1) is 0 Å². The van der Waals surface area contributed by atoms with E-state index in [0.29, 0.717) is 11.3 Å². The maximum Gasteiger partial charge on any atom is 0.310 e. The van der Waals surface area contributed by atoms with Gasteiger partial charge in [-0.25, -0.2) is 4.39 Å². The van der Waals surface area contributed by atoms with Crippen molar-refractivity contribution in [2.24, 2.45) is 0 Å². The van der Waals surface area contributed by atoms with Gasteiger partial charge in [-0.2, -0.15) is 0 Å². The van der Waals surface area contributed by atoms with Gasteiger partial charge in [0, 0.05) is 5.56 Å². The minimum Gasteiger partial charge on any atom is -0.496 e. The van der Waals surface area contributed by atoms with E-state index in [0.717, 1.165) is 11.1 Å². The van der Waals surface area contributed by atoms with Gasteiger partial charge in [-0.3, -0.25) is 4.79 Å². The van der Waals surface area contributed by atoms with Crippen LogP contribution in [0.15, 0.2) is 42.5 Å². The van der Waals surface area contributed by atoms with Crippen molar-refractivity contribution >= 4 is 5.97 Å². The zero-order valence-corrected chi connectivity index (χ0v) is 11.3. The lowest BCUT2D eigenvalue weighted by molar-refractivity contribution is -0.138. The van der Waals surface area contributed by atoms with Crippen LogP contribution in [0.1, 0.15) is 18.4 Å². The first kappa shape index (κ1) is 14.1. The molecule has 0 radical (unpaired) electrons. The number of halogens is 1. The fourth-order valence-electron chi connectivity index (χ4n) is 1.99. The molecular formula is C16H15FO3. The molecule has 0 fully saturated rings. The van der Waals surface area contributed by atoms with E-state index in [-0.39, 0.29) is 5.82 Å². The highest BCUT2D eigenvalue weighted by molar-refractivity contribution is 5.77. The lowest BCUT2D eigenvalue weighted by Gasteiger charge is -2.13. The van der Waals surface area contributed by atoms with Crippen molar-refractivity contribution in [1.82, 2.24) is 0 Å². The van der Waals surface area contributed by atoms with E-state index in [1.54, 1.807) is 37.3 Å². The number of benzene rings is 2. The Hall–Kier alpha value is -2.36. The zero-order chi connectivity index (χ0) is 14.7. The highest BCUT2D eigenvalue weighted by Gasteiger charge is 2.16. The van der Waals surface area contributed by atoms with Crippen molar-refractivity contribution in [2.45, 2.75) is 12.8 Å². The van der Waals surface area contributed by atoms with Gasteiger partial charge in [-0.05, 0) is 36.2 Å². The molecule has 2 rings (SSSR count). The van der Waals surface area contributed by atoms with Crippen molar-refractivity contribution < 1.29 is 19.0 Å². The summed E-state index contributed by atoms with van der Waals surface area (Å²) in [5.41, 5.74) is 2.28. The molecule has 0 aliphatic carbocycles. The lowest BCUT2D eigenvalue weighted by Crippen LogP contribution is -2.07. The van der Waals surface area contributed by atoms with Crippen LogP contribution in [0.3, 0.4) is 0 Å². The maximum absolute atomic E-state index is 12.9. The van der Waals surface area contributed by atoms with Gasteiger partial charge in [0.25, 0.3) is 0 Å². The molecule has 2 aromatic rings. The molecule has 1 N–H and O–H groups in total. The van der Waals surface area contributed by atoms with E-state index in [1.807, 2.05) is 0 Å². The van der Waals surface area contributed by atoms with Gasteiger partial charge < -0.3 is 9.84 Å². The molecule has 104 valence electrons. The first-order chi connectivity index (χ1) is 9.52. The standard InChI is InChI=1S/C16H15FO3/c1-10(16(18)19)12-5-8-14(15(9-12)20-2)11-3-6-13(17)7-4-11/h3-10H,1-2H3,(H,18,19). The summed E-state index contributed by atoms with van der Waals surface area (Å²) in [7, 11) is 1.53. The molecule has 2 aromatic carbocycles. The second-order valence-corrected chi connectivity index (χ2v) is 4.53. The molecule has 1 atom stereocenters. The van der Waals surface area contributed by atoms with E-state index < -0.39 is 11.9 Å². The van der Waals surface area contributed by atoms with Gasteiger partial charge in [0.05, 0.1) is 13.0 Å². The average Bonchev–Trinajstić information content (AvgIpc) is 2.46. The van der Waals surface area contributed by atoms with Crippen LogP contribution in [-0.4, -0.2) is 18.2 Å². The van der Waals surface area contributed by atoms with E-state index in [2.05, 4.69) is 0 Å². The second kappa shape index (κ2) is 5.74. The van der Waals surface area contributed by atoms with Gasteiger partial charge in [0.1, 0.15) is 11.6 Å². The van der Waals surface area contributed by atoms with Crippen molar-refractivity contribution in [1.29, 1.82) is 0 Å². The van der Waals surface area contributed by atoms with Crippen LogP contribution in [0.4, 0.5) is 4.39 Å².